The molecule has 0 amide bonds. The second-order valence-corrected chi connectivity index (χ2v) is 4.76. The van der Waals surface area contributed by atoms with E-state index in [9.17, 15) is 4.79 Å². The van der Waals surface area contributed by atoms with Crippen LogP contribution in [0.1, 0.15) is 13.3 Å². The highest BCUT2D eigenvalue weighted by molar-refractivity contribution is 9.10. The maximum absolute atomic E-state index is 10.8. The van der Waals surface area contributed by atoms with Crippen LogP contribution in [0.3, 0.4) is 0 Å². The predicted molar refractivity (Wildman–Crippen MR) is 59.5 cm³/mol. The van der Waals surface area contributed by atoms with Crippen molar-refractivity contribution in [1.29, 1.82) is 0 Å². The minimum absolute atomic E-state index is 0.395. The topological polar surface area (TPSA) is 50.2 Å². The fourth-order valence-electron chi connectivity index (χ4n) is 0.920. The minimum Gasteiger partial charge on any atom is -0.480 e. The molecule has 1 aromatic heterocycles. The van der Waals surface area contributed by atoms with E-state index < -0.39 is 11.2 Å². The molecule has 3 nitrogen and oxygen atoms in total. The smallest absolute Gasteiger partial charge is 0.316 e. The van der Waals surface area contributed by atoms with Gasteiger partial charge in [-0.05, 0) is 28.4 Å². The van der Waals surface area contributed by atoms with Gasteiger partial charge in [0.15, 0.2) is 0 Å². The van der Waals surface area contributed by atoms with Gasteiger partial charge in [-0.2, -0.15) is 0 Å². The van der Waals surface area contributed by atoms with Crippen molar-refractivity contribution in [1.82, 2.24) is 4.98 Å². The van der Waals surface area contributed by atoms with Crippen molar-refractivity contribution >= 4 is 33.7 Å². The first-order valence-electron chi connectivity index (χ1n) is 4.14. The van der Waals surface area contributed by atoms with E-state index in [1.165, 1.54) is 11.8 Å². The van der Waals surface area contributed by atoms with Crippen LogP contribution in [0.25, 0.3) is 0 Å². The molecule has 76 valence electrons. The molecule has 0 radical (unpaired) electrons. The molecule has 0 aromatic carbocycles. The van der Waals surface area contributed by atoms with Crippen LogP contribution in [0.2, 0.25) is 0 Å². The van der Waals surface area contributed by atoms with Crippen LogP contribution in [-0.4, -0.2) is 21.3 Å². The van der Waals surface area contributed by atoms with Crippen molar-refractivity contribution in [2.75, 3.05) is 0 Å². The number of thioether (sulfide) groups is 1. The Balaban J connectivity index is 2.77. The molecule has 0 bridgehead atoms. The molecule has 1 rings (SSSR count). The summed E-state index contributed by atoms with van der Waals surface area (Å²) in [7, 11) is 0. The van der Waals surface area contributed by atoms with E-state index in [2.05, 4.69) is 20.9 Å². The molecule has 0 saturated heterocycles. The highest BCUT2D eigenvalue weighted by Crippen LogP contribution is 2.31. The summed E-state index contributed by atoms with van der Waals surface area (Å²) < 4.78 is 0.838. The van der Waals surface area contributed by atoms with Gasteiger partial charge in [0.05, 0.1) is 0 Å². The Labute approximate surface area is 95.1 Å². The number of nitrogens with zero attached hydrogens (tertiary/aromatic N) is 1. The molecule has 1 unspecified atom stereocenters. The van der Waals surface area contributed by atoms with Crippen LogP contribution >= 0.6 is 27.7 Å². The summed E-state index contributed by atoms with van der Waals surface area (Å²) in [5.41, 5.74) is 0. The van der Waals surface area contributed by atoms with E-state index in [4.69, 9.17) is 5.11 Å². The fourth-order valence-corrected chi connectivity index (χ4v) is 2.33. The minimum atomic E-state index is -0.777. The summed E-state index contributed by atoms with van der Waals surface area (Å²) >= 11 is 4.66. The third-order valence-electron chi connectivity index (χ3n) is 1.65. The second kappa shape index (κ2) is 5.36. The molecule has 1 N–H and O–H groups in total. The Bertz CT molecular complexity index is 332. The monoisotopic (exact) mass is 275 g/mol. The van der Waals surface area contributed by atoms with Gasteiger partial charge in [0.1, 0.15) is 5.25 Å². The van der Waals surface area contributed by atoms with E-state index in [0.717, 1.165) is 9.37 Å². The SMILES string of the molecule is CCC(Sc1ccncc1Br)C(=O)O. The Hall–Kier alpha value is -0.550. The molecule has 1 atom stereocenters. The van der Waals surface area contributed by atoms with Gasteiger partial charge in [0.2, 0.25) is 0 Å². The number of carboxylic acid groups (broad SMARTS) is 1. The molecule has 0 aliphatic heterocycles. The molecule has 0 spiro atoms. The Kier molecular flexibility index (Phi) is 4.41. The van der Waals surface area contributed by atoms with Gasteiger partial charge >= 0.3 is 5.97 Å². The number of halogens is 1. The molecule has 5 heteroatoms. The van der Waals surface area contributed by atoms with Gasteiger partial charge < -0.3 is 5.11 Å². The van der Waals surface area contributed by atoms with Crippen molar-refractivity contribution in [2.45, 2.75) is 23.5 Å². The van der Waals surface area contributed by atoms with Crippen molar-refractivity contribution in [3.63, 3.8) is 0 Å². The van der Waals surface area contributed by atoms with Crippen LogP contribution in [0.15, 0.2) is 27.8 Å². The zero-order chi connectivity index (χ0) is 10.6. The van der Waals surface area contributed by atoms with Gasteiger partial charge in [-0.15, -0.1) is 11.8 Å². The number of pyridine rings is 1. The van der Waals surface area contributed by atoms with Crippen molar-refractivity contribution in [3.8, 4) is 0 Å². The standard InChI is InChI=1S/C9H10BrNO2S/c1-2-7(9(12)13)14-8-3-4-11-5-6(8)10/h3-5,7H,2H2,1H3,(H,12,13). The van der Waals surface area contributed by atoms with Crippen molar-refractivity contribution in [3.05, 3.63) is 22.9 Å². The molecule has 14 heavy (non-hydrogen) atoms. The number of carboxylic acids is 1. The van der Waals surface area contributed by atoms with Gasteiger partial charge in [-0.25, -0.2) is 0 Å². The normalized spacial score (nSPS) is 12.4. The quantitative estimate of drug-likeness (QED) is 0.859. The van der Waals surface area contributed by atoms with Crippen molar-refractivity contribution < 1.29 is 9.90 Å². The zero-order valence-electron chi connectivity index (χ0n) is 7.61. The first-order chi connectivity index (χ1) is 6.65. The highest BCUT2D eigenvalue weighted by Gasteiger charge is 2.17. The molecule has 1 aromatic rings. The summed E-state index contributed by atoms with van der Waals surface area (Å²) in [6.45, 7) is 1.86. The first kappa shape index (κ1) is 11.5. The summed E-state index contributed by atoms with van der Waals surface area (Å²) in [6, 6.07) is 1.81. The summed E-state index contributed by atoms with van der Waals surface area (Å²) in [6.07, 6.45) is 3.92. The van der Waals surface area contributed by atoms with Crippen LogP contribution in [-0.2, 0) is 4.79 Å². The third-order valence-corrected chi connectivity index (χ3v) is 3.97. The zero-order valence-corrected chi connectivity index (χ0v) is 10.0. The fraction of sp³-hybridized carbons (Fsp3) is 0.333. The average molecular weight is 276 g/mol. The first-order valence-corrected chi connectivity index (χ1v) is 5.81. The molecule has 0 fully saturated rings. The lowest BCUT2D eigenvalue weighted by atomic mass is 10.3. The third kappa shape index (κ3) is 2.99. The van der Waals surface area contributed by atoms with E-state index >= 15 is 0 Å². The second-order valence-electron chi connectivity index (χ2n) is 2.66. The van der Waals surface area contributed by atoms with Crippen molar-refractivity contribution in [2.24, 2.45) is 0 Å². The lowest BCUT2D eigenvalue weighted by molar-refractivity contribution is -0.136. The maximum Gasteiger partial charge on any atom is 0.316 e. The summed E-state index contributed by atoms with van der Waals surface area (Å²) in [4.78, 5) is 15.6. The maximum atomic E-state index is 10.8. The van der Waals surface area contributed by atoms with Gasteiger partial charge in [0, 0.05) is 21.8 Å². The summed E-state index contributed by atoms with van der Waals surface area (Å²) in [5, 5.41) is 8.48. The molecule has 0 saturated carbocycles. The van der Waals surface area contributed by atoms with Gasteiger partial charge in [-0.1, -0.05) is 6.92 Å². The molecule has 0 aliphatic carbocycles. The largest absolute Gasteiger partial charge is 0.480 e. The number of carbonyl (C=O) groups is 1. The van der Waals surface area contributed by atoms with Crippen LogP contribution in [0.4, 0.5) is 0 Å². The lowest BCUT2D eigenvalue weighted by Gasteiger charge is -2.09. The Morgan fingerprint density at radius 1 is 1.79 bits per heavy atom. The van der Waals surface area contributed by atoms with E-state index in [0.29, 0.717) is 6.42 Å². The summed E-state index contributed by atoms with van der Waals surface area (Å²) in [5.74, 6) is -0.777. The van der Waals surface area contributed by atoms with E-state index in [-0.39, 0.29) is 0 Å². The molecular weight excluding hydrogens is 266 g/mol. The predicted octanol–water partition coefficient (Wildman–Crippen LogP) is 2.80. The van der Waals surface area contributed by atoms with Crippen LogP contribution < -0.4 is 0 Å². The number of rotatable bonds is 4. The highest BCUT2D eigenvalue weighted by atomic mass is 79.9. The molecule has 0 aliphatic rings. The van der Waals surface area contributed by atoms with Gasteiger partial charge in [0.25, 0.3) is 0 Å². The molecular formula is C9H10BrNO2S. The van der Waals surface area contributed by atoms with Crippen LogP contribution in [0.5, 0.6) is 0 Å². The van der Waals surface area contributed by atoms with E-state index in [1.807, 2.05) is 6.92 Å². The Morgan fingerprint density at radius 3 is 3.00 bits per heavy atom. The number of hydrogen-bond donors (Lipinski definition) is 1. The Morgan fingerprint density at radius 2 is 2.50 bits per heavy atom. The number of hydrogen-bond acceptors (Lipinski definition) is 3. The van der Waals surface area contributed by atoms with E-state index in [1.54, 1.807) is 18.5 Å². The van der Waals surface area contributed by atoms with Gasteiger partial charge in [-0.3, -0.25) is 9.78 Å². The molecule has 1 heterocycles. The average Bonchev–Trinajstić information content (AvgIpc) is 2.16. The lowest BCUT2D eigenvalue weighted by Crippen LogP contribution is -2.14. The van der Waals surface area contributed by atoms with Crippen LogP contribution in [0, 0.1) is 0 Å². The number of aromatic nitrogens is 1. The number of aliphatic carboxylic acids is 1.